The van der Waals surface area contributed by atoms with E-state index in [4.69, 9.17) is 11.6 Å². The number of fused-ring (bicyclic) bond motifs is 1. The zero-order valence-corrected chi connectivity index (χ0v) is 12.4. The Morgan fingerprint density at radius 3 is 2.45 bits per heavy atom. The fourth-order valence-corrected chi connectivity index (χ4v) is 2.69. The molecule has 0 saturated carbocycles. The molecule has 1 heterocycles. The molecule has 22 heavy (non-hydrogen) atoms. The van der Waals surface area contributed by atoms with Crippen molar-refractivity contribution in [3.8, 4) is 16.9 Å². The number of aromatic hydroxyl groups is 1. The molecule has 0 unspecified atom stereocenters. The Morgan fingerprint density at radius 1 is 1.14 bits per heavy atom. The molecule has 0 aliphatic rings. The second kappa shape index (κ2) is 5.31. The van der Waals surface area contributed by atoms with Crippen LogP contribution in [-0.2, 0) is 0 Å². The number of para-hydroxylation sites is 1. The van der Waals surface area contributed by atoms with Crippen LogP contribution in [0.3, 0.4) is 0 Å². The van der Waals surface area contributed by atoms with Gasteiger partial charge < -0.3 is 10.2 Å². The number of nitrogens with zero attached hydrogens (tertiary/aromatic N) is 1. The first-order chi connectivity index (χ1) is 10.5. The Balaban J connectivity index is 2.45. The van der Waals surface area contributed by atoms with Crippen LogP contribution >= 0.6 is 11.6 Å². The van der Waals surface area contributed by atoms with E-state index < -0.39 is 5.97 Å². The van der Waals surface area contributed by atoms with E-state index in [1.807, 2.05) is 18.2 Å². The first kappa shape index (κ1) is 14.4. The monoisotopic (exact) mass is 313 g/mol. The number of carboxylic acids is 1. The highest BCUT2D eigenvalue weighted by molar-refractivity contribution is 6.30. The molecular formula is C17H12ClNO3. The molecule has 0 aliphatic carbocycles. The van der Waals surface area contributed by atoms with Gasteiger partial charge in [-0.2, -0.15) is 0 Å². The molecule has 0 fully saturated rings. The summed E-state index contributed by atoms with van der Waals surface area (Å²) in [5.74, 6) is -1.17. The van der Waals surface area contributed by atoms with Gasteiger partial charge >= 0.3 is 5.97 Å². The summed E-state index contributed by atoms with van der Waals surface area (Å²) in [6.07, 6.45) is 0. The highest BCUT2D eigenvalue weighted by Gasteiger charge is 2.19. The second-order valence-electron chi connectivity index (χ2n) is 4.95. The van der Waals surface area contributed by atoms with Crippen molar-refractivity contribution in [1.82, 2.24) is 4.98 Å². The summed E-state index contributed by atoms with van der Waals surface area (Å²) in [6.45, 7) is 1.71. The molecule has 1 aromatic heterocycles. The lowest BCUT2D eigenvalue weighted by Gasteiger charge is -2.13. The normalized spacial score (nSPS) is 10.8. The number of rotatable bonds is 2. The van der Waals surface area contributed by atoms with E-state index in [2.05, 4.69) is 4.98 Å². The number of hydrogen-bond acceptors (Lipinski definition) is 3. The summed E-state index contributed by atoms with van der Waals surface area (Å²) >= 11 is 5.92. The molecule has 0 saturated heterocycles. The van der Waals surface area contributed by atoms with Crippen LogP contribution in [0.4, 0.5) is 0 Å². The summed E-state index contributed by atoms with van der Waals surface area (Å²) < 4.78 is 0. The number of phenols is 1. The van der Waals surface area contributed by atoms with Crippen molar-refractivity contribution in [3.63, 3.8) is 0 Å². The van der Waals surface area contributed by atoms with Gasteiger partial charge in [0, 0.05) is 10.4 Å². The Kier molecular flexibility index (Phi) is 3.47. The van der Waals surface area contributed by atoms with Gasteiger partial charge in [-0.25, -0.2) is 9.78 Å². The third-order valence-corrected chi connectivity index (χ3v) is 3.83. The minimum absolute atomic E-state index is 0.0461. The van der Waals surface area contributed by atoms with Gasteiger partial charge in [0.15, 0.2) is 5.69 Å². The van der Waals surface area contributed by atoms with Gasteiger partial charge in [-0.1, -0.05) is 35.9 Å². The Morgan fingerprint density at radius 2 is 1.82 bits per heavy atom. The highest BCUT2D eigenvalue weighted by Crippen LogP contribution is 2.36. The number of phenolic OH excluding ortho intramolecular Hbond substituents is 1. The predicted octanol–water partition coefficient (Wildman–Crippen LogP) is 4.27. The second-order valence-corrected chi connectivity index (χ2v) is 5.38. The molecule has 0 atom stereocenters. The minimum Gasteiger partial charge on any atom is -0.506 e. The van der Waals surface area contributed by atoms with Crippen LogP contribution in [0, 0.1) is 6.92 Å². The van der Waals surface area contributed by atoms with Crippen molar-refractivity contribution in [2.24, 2.45) is 0 Å². The number of carboxylic acid groups (broad SMARTS) is 1. The summed E-state index contributed by atoms with van der Waals surface area (Å²) in [5.41, 5.74) is 2.31. The van der Waals surface area contributed by atoms with Gasteiger partial charge in [-0.3, -0.25) is 0 Å². The molecule has 110 valence electrons. The van der Waals surface area contributed by atoms with E-state index in [0.717, 1.165) is 11.1 Å². The first-order valence-electron chi connectivity index (χ1n) is 6.60. The van der Waals surface area contributed by atoms with Crippen molar-refractivity contribution in [1.29, 1.82) is 0 Å². The zero-order chi connectivity index (χ0) is 15.9. The van der Waals surface area contributed by atoms with Crippen LogP contribution in [0.15, 0.2) is 42.5 Å². The summed E-state index contributed by atoms with van der Waals surface area (Å²) in [4.78, 5) is 15.6. The van der Waals surface area contributed by atoms with E-state index >= 15 is 0 Å². The van der Waals surface area contributed by atoms with E-state index in [1.165, 1.54) is 6.07 Å². The lowest BCUT2D eigenvalue weighted by Crippen LogP contribution is -2.06. The number of aromatic nitrogens is 1. The fraction of sp³-hybridized carbons (Fsp3) is 0.0588. The molecule has 4 nitrogen and oxygen atoms in total. The number of aromatic carboxylic acids is 1. The Hall–Kier alpha value is -2.59. The van der Waals surface area contributed by atoms with E-state index in [0.29, 0.717) is 16.0 Å². The van der Waals surface area contributed by atoms with Crippen LogP contribution in [-0.4, -0.2) is 21.2 Å². The van der Waals surface area contributed by atoms with E-state index in [9.17, 15) is 15.0 Å². The third-order valence-electron chi connectivity index (χ3n) is 3.57. The SMILES string of the molecule is Cc1c(C(=O)O)nc2c(O)cccc2c1-c1ccc(Cl)cc1. The summed E-state index contributed by atoms with van der Waals surface area (Å²) in [6, 6.07) is 12.1. The lowest BCUT2D eigenvalue weighted by molar-refractivity contribution is 0.0690. The fourth-order valence-electron chi connectivity index (χ4n) is 2.56. The molecule has 2 N–H and O–H groups in total. The number of halogens is 1. The molecule has 0 bridgehead atoms. The average molecular weight is 314 g/mol. The van der Waals surface area contributed by atoms with Gasteiger partial charge in [-0.05, 0) is 41.8 Å². The van der Waals surface area contributed by atoms with Crippen LogP contribution in [0.2, 0.25) is 5.02 Å². The number of pyridine rings is 1. The van der Waals surface area contributed by atoms with Gasteiger partial charge in [0.1, 0.15) is 11.3 Å². The maximum atomic E-state index is 11.4. The van der Waals surface area contributed by atoms with Crippen LogP contribution < -0.4 is 0 Å². The Bertz CT molecular complexity index is 889. The van der Waals surface area contributed by atoms with E-state index in [-0.39, 0.29) is 17.0 Å². The van der Waals surface area contributed by atoms with Crippen molar-refractivity contribution in [3.05, 3.63) is 58.7 Å². The van der Waals surface area contributed by atoms with Gasteiger partial charge in [0.2, 0.25) is 0 Å². The molecule has 0 amide bonds. The van der Waals surface area contributed by atoms with Crippen molar-refractivity contribution in [2.75, 3.05) is 0 Å². The third kappa shape index (κ3) is 2.27. The minimum atomic E-state index is -1.13. The zero-order valence-electron chi connectivity index (χ0n) is 11.7. The summed E-state index contributed by atoms with van der Waals surface area (Å²) in [5, 5.41) is 20.7. The average Bonchev–Trinajstić information content (AvgIpc) is 2.48. The topological polar surface area (TPSA) is 70.4 Å². The molecule has 0 spiro atoms. The highest BCUT2D eigenvalue weighted by atomic mass is 35.5. The van der Waals surface area contributed by atoms with Crippen LogP contribution in [0.1, 0.15) is 16.1 Å². The first-order valence-corrected chi connectivity index (χ1v) is 6.98. The Labute approximate surface area is 131 Å². The van der Waals surface area contributed by atoms with Crippen LogP contribution in [0.25, 0.3) is 22.0 Å². The smallest absolute Gasteiger partial charge is 0.354 e. The standard InChI is InChI=1S/C17H12ClNO3/c1-9-14(10-5-7-11(18)8-6-10)12-3-2-4-13(20)16(12)19-15(9)17(21)22/h2-8,20H,1H3,(H,21,22). The predicted molar refractivity (Wildman–Crippen MR) is 85.6 cm³/mol. The van der Waals surface area contributed by atoms with E-state index in [1.54, 1.807) is 25.1 Å². The van der Waals surface area contributed by atoms with Gasteiger partial charge in [0.05, 0.1) is 0 Å². The number of carbonyl (C=O) groups is 1. The number of benzene rings is 2. The quantitative estimate of drug-likeness (QED) is 0.741. The summed E-state index contributed by atoms with van der Waals surface area (Å²) in [7, 11) is 0. The van der Waals surface area contributed by atoms with Crippen LogP contribution in [0.5, 0.6) is 5.75 Å². The van der Waals surface area contributed by atoms with Gasteiger partial charge in [0.25, 0.3) is 0 Å². The molecule has 0 aliphatic heterocycles. The maximum Gasteiger partial charge on any atom is 0.354 e. The van der Waals surface area contributed by atoms with Gasteiger partial charge in [-0.15, -0.1) is 0 Å². The molecule has 3 rings (SSSR count). The largest absolute Gasteiger partial charge is 0.506 e. The molecule has 3 aromatic rings. The molecular weight excluding hydrogens is 302 g/mol. The van der Waals surface area contributed by atoms with Crippen molar-refractivity contribution in [2.45, 2.75) is 6.92 Å². The molecule has 2 aromatic carbocycles. The molecule has 0 radical (unpaired) electrons. The van der Waals surface area contributed by atoms with Crippen molar-refractivity contribution < 1.29 is 15.0 Å². The number of hydrogen-bond donors (Lipinski definition) is 2. The maximum absolute atomic E-state index is 11.4. The molecule has 5 heteroatoms. The van der Waals surface area contributed by atoms with Crippen molar-refractivity contribution >= 4 is 28.5 Å². The lowest BCUT2D eigenvalue weighted by atomic mass is 9.95.